The first-order valence-corrected chi connectivity index (χ1v) is 4.91. The van der Waals surface area contributed by atoms with Crippen LogP contribution < -0.4 is 11.1 Å². The lowest BCUT2D eigenvalue weighted by Crippen LogP contribution is -2.38. The van der Waals surface area contributed by atoms with E-state index in [0.717, 1.165) is 12.8 Å². The molecular formula is C9H16N2O4. The third-order valence-corrected chi connectivity index (χ3v) is 2.71. The molecule has 1 aliphatic carbocycles. The molecule has 1 unspecified atom stereocenters. The van der Waals surface area contributed by atoms with E-state index in [-0.39, 0.29) is 18.9 Å². The third kappa shape index (κ3) is 2.90. The number of aliphatic hydroxyl groups is 1. The number of rotatable bonds is 6. The van der Waals surface area contributed by atoms with Gasteiger partial charge in [-0.2, -0.15) is 0 Å². The van der Waals surface area contributed by atoms with Crippen molar-refractivity contribution in [2.45, 2.75) is 25.4 Å². The molecular weight excluding hydrogens is 200 g/mol. The molecule has 0 aromatic carbocycles. The molecule has 0 spiro atoms. The maximum Gasteiger partial charge on any atom is 0.332 e. The lowest BCUT2D eigenvalue weighted by atomic mass is 10.1. The van der Waals surface area contributed by atoms with E-state index in [2.05, 4.69) is 5.32 Å². The number of carboxylic acids is 1. The summed E-state index contributed by atoms with van der Waals surface area (Å²) in [6.07, 6.45) is 0.174. The van der Waals surface area contributed by atoms with E-state index in [1.807, 2.05) is 0 Å². The minimum Gasteiger partial charge on any atom is -0.479 e. The summed E-state index contributed by atoms with van der Waals surface area (Å²) < 4.78 is 0. The first-order valence-electron chi connectivity index (χ1n) is 4.91. The molecule has 1 amide bonds. The highest BCUT2D eigenvalue weighted by molar-refractivity contribution is 5.85. The second-order valence-electron chi connectivity index (χ2n) is 3.88. The Balaban J connectivity index is 2.21. The molecule has 0 saturated heterocycles. The fraction of sp³-hybridized carbons (Fsp3) is 0.778. The van der Waals surface area contributed by atoms with E-state index in [1.54, 1.807) is 0 Å². The summed E-state index contributed by atoms with van der Waals surface area (Å²) in [5.74, 6) is -1.41. The number of aliphatic carboxylic acids is 1. The molecule has 0 aromatic heterocycles. The van der Waals surface area contributed by atoms with E-state index in [4.69, 9.17) is 15.9 Å². The molecule has 1 saturated carbocycles. The molecule has 6 nitrogen and oxygen atoms in total. The van der Waals surface area contributed by atoms with Crippen molar-refractivity contribution < 1.29 is 19.8 Å². The molecule has 1 aliphatic rings. The highest BCUT2D eigenvalue weighted by Gasteiger charge is 2.48. The smallest absolute Gasteiger partial charge is 0.332 e. The van der Waals surface area contributed by atoms with Crippen LogP contribution in [0.2, 0.25) is 0 Å². The Hall–Kier alpha value is -1.14. The van der Waals surface area contributed by atoms with Crippen LogP contribution in [0.1, 0.15) is 19.3 Å². The van der Waals surface area contributed by atoms with Gasteiger partial charge in [0, 0.05) is 19.5 Å². The average Bonchev–Trinajstić information content (AvgIpc) is 2.97. The number of carbonyl (C=O) groups is 2. The Kier molecular flexibility index (Phi) is 3.65. The number of hydrogen-bond acceptors (Lipinski definition) is 4. The van der Waals surface area contributed by atoms with Crippen molar-refractivity contribution in [3.8, 4) is 0 Å². The lowest BCUT2D eigenvalue weighted by molar-refractivity contribution is -0.147. The topological polar surface area (TPSA) is 113 Å². The van der Waals surface area contributed by atoms with Crippen LogP contribution in [0.5, 0.6) is 0 Å². The number of carboxylic acid groups (broad SMARTS) is 1. The minimum atomic E-state index is -1.42. The number of aliphatic hydroxyl groups excluding tert-OH is 1. The van der Waals surface area contributed by atoms with Crippen LogP contribution >= 0.6 is 0 Å². The van der Waals surface area contributed by atoms with Crippen LogP contribution in [0.4, 0.5) is 0 Å². The second kappa shape index (κ2) is 4.59. The van der Waals surface area contributed by atoms with E-state index in [9.17, 15) is 9.59 Å². The van der Waals surface area contributed by atoms with Crippen molar-refractivity contribution in [2.75, 3.05) is 13.1 Å². The van der Waals surface area contributed by atoms with Gasteiger partial charge in [0.25, 0.3) is 0 Å². The van der Waals surface area contributed by atoms with Gasteiger partial charge in [0.2, 0.25) is 5.91 Å². The summed E-state index contributed by atoms with van der Waals surface area (Å²) in [5.41, 5.74) is 5.02. The summed E-state index contributed by atoms with van der Waals surface area (Å²) in [6.45, 7) is 0.481. The molecule has 0 aromatic rings. The van der Waals surface area contributed by atoms with Crippen molar-refractivity contribution in [3.05, 3.63) is 0 Å². The largest absolute Gasteiger partial charge is 0.479 e. The quantitative estimate of drug-likeness (QED) is 0.439. The molecule has 0 radical (unpaired) electrons. The zero-order valence-electron chi connectivity index (χ0n) is 8.40. The van der Waals surface area contributed by atoms with E-state index >= 15 is 0 Å². The van der Waals surface area contributed by atoms with Gasteiger partial charge < -0.3 is 21.3 Å². The van der Waals surface area contributed by atoms with Gasteiger partial charge in [-0.3, -0.25) is 4.79 Å². The van der Waals surface area contributed by atoms with Crippen LogP contribution in [0, 0.1) is 5.41 Å². The van der Waals surface area contributed by atoms with Crippen LogP contribution in [-0.4, -0.2) is 41.3 Å². The van der Waals surface area contributed by atoms with E-state index < -0.39 is 17.5 Å². The Bertz CT molecular complexity index is 263. The molecule has 1 atom stereocenters. The highest BCUT2D eigenvalue weighted by Crippen LogP contribution is 2.44. The fourth-order valence-corrected chi connectivity index (χ4v) is 1.31. The number of hydrogen-bond donors (Lipinski definition) is 4. The molecule has 86 valence electrons. The molecule has 0 heterocycles. The lowest BCUT2D eigenvalue weighted by Gasteiger charge is -2.13. The number of amides is 1. The standard InChI is InChI=1S/C9H16N2O4/c10-5-9(2-3-9)8(15)11-4-1-6(12)7(13)14/h6,12H,1-5,10H2,(H,11,15)(H,13,14). The van der Waals surface area contributed by atoms with Gasteiger partial charge in [-0.15, -0.1) is 0 Å². The monoisotopic (exact) mass is 216 g/mol. The maximum absolute atomic E-state index is 11.5. The fourth-order valence-electron chi connectivity index (χ4n) is 1.31. The summed E-state index contributed by atoms with van der Waals surface area (Å²) >= 11 is 0. The summed E-state index contributed by atoms with van der Waals surface area (Å²) in [4.78, 5) is 21.7. The van der Waals surface area contributed by atoms with Gasteiger partial charge in [0.05, 0.1) is 5.41 Å². The molecule has 0 bridgehead atoms. The predicted octanol–water partition coefficient (Wildman–Crippen LogP) is -1.32. The molecule has 1 rings (SSSR count). The molecule has 5 N–H and O–H groups in total. The highest BCUT2D eigenvalue weighted by atomic mass is 16.4. The van der Waals surface area contributed by atoms with E-state index in [0.29, 0.717) is 6.54 Å². The predicted molar refractivity (Wildman–Crippen MR) is 52.0 cm³/mol. The minimum absolute atomic E-state index is 0.0156. The number of nitrogens with two attached hydrogens (primary N) is 1. The second-order valence-corrected chi connectivity index (χ2v) is 3.88. The van der Waals surface area contributed by atoms with Crippen molar-refractivity contribution >= 4 is 11.9 Å². The Morgan fingerprint density at radius 2 is 2.07 bits per heavy atom. The molecule has 1 fully saturated rings. The maximum atomic E-state index is 11.5. The average molecular weight is 216 g/mol. The first-order chi connectivity index (χ1) is 7.02. The van der Waals surface area contributed by atoms with Crippen LogP contribution in [0.15, 0.2) is 0 Å². The van der Waals surface area contributed by atoms with Gasteiger partial charge in [-0.05, 0) is 12.8 Å². The van der Waals surface area contributed by atoms with Gasteiger partial charge in [0.15, 0.2) is 6.10 Å². The zero-order chi connectivity index (χ0) is 11.5. The summed E-state index contributed by atoms with van der Waals surface area (Å²) in [5, 5.41) is 19.9. The van der Waals surface area contributed by atoms with Crippen LogP contribution in [0.3, 0.4) is 0 Å². The van der Waals surface area contributed by atoms with Crippen molar-refractivity contribution in [2.24, 2.45) is 11.1 Å². The number of carbonyl (C=O) groups excluding carboxylic acids is 1. The van der Waals surface area contributed by atoms with E-state index in [1.165, 1.54) is 0 Å². The van der Waals surface area contributed by atoms with Crippen molar-refractivity contribution in [3.63, 3.8) is 0 Å². The third-order valence-electron chi connectivity index (χ3n) is 2.71. The normalized spacial score (nSPS) is 19.3. The molecule has 0 aliphatic heterocycles. The van der Waals surface area contributed by atoms with Gasteiger partial charge in [-0.25, -0.2) is 4.79 Å². The summed E-state index contributed by atoms with van der Waals surface area (Å²) in [6, 6.07) is 0. The SMILES string of the molecule is NCC1(C(=O)NCCC(O)C(=O)O)CC1. The van der Waals surface area contributed by atoms with Crippen molar-refractivity contribution in [1.82, 2.24) is 5.32 Å². The summed E-state index contributed by atoms with van der Waals surface area (Å²) in [7, 11) is 0. The molecule has 15 heavy (non-hydrogen) atoms. The van der Waals surface area contributed by atoms with Gasteiger partial charge in [-0.1, -0.05) is 0 Å². The van der Waals surface area contributed by atoms with Crippen LogP contribution in [-0.2, 0) is 9.59 Å². The number of nitrogens with one attached hydrogen (secondary N) is 1. The Morgan fingerprint density at radius 3 is 2.47 bits per heavy atom. The first kappa shape index (κ1) is 11.9. The Morgan fingerprint density at radius 1 is 1.47 bits per heavy atom. The zero-order valence-corrected chi connectivity index (χ0v) is 8.40. The Labute approximate surface area is 87.5 Å². The van der Waals surface area contributed by atoms with Gasteiger partial charge in [0.1, 0.15) is 0 Å². The van der Waals surface area contributed by atoms with Gasteiger partial charge >= 0.3 is 5.97 Å². The van der Waals surface area contributed by atoms with Crippen molar-refractivity contribution in [1.29, 1.82) is 0 Å². The molecule has 6 heteroatoms. The van der Waals surface area contributed by atoms with Crippen LogP contribution in [0.25, 0.3) is 0 Å².